The maximum atomic E-state index is 12.8. The molecule has 0 aromatic heterocycles. The standard InChI is InChI=1S/C18H24N2O4S2/c1-5-12-19(13-6-2)25(21,22)17-10-9-11-18(16-17)26(23,24)20(14-7-3)15-8-4/h5-11,16H,1-4,12-15H2. The average molecular weight is 397 g/mol. The summed E-state index contributed by atoms with van der Waals surface area (Å²) >= 11 is 0. The van der Waals surface area contributed by atoms with Crippen molar-refractivity contribution in [2.75, 3.05) is 26.2 Å². The van der Waals surface area contributed by atoms with Crippen LogP contribution < -0.4 is 0 Å². The Morgan fingerprint density at radius 1 is 0.692 bits per heavy atom. The Hall–Kier alpha value is -2.00. The Morgan fingerprint density at radius 3 is 1.27 bits per heavy atom. The van der Waals surface area contributed by atoms with Gasteiger partial charge >= 0.3 is 0 Å². The molecule has 0 atom stereocenters. The second kappa shape index (κ2) is 9.63. The summed E-state index contributed by atoms with van der Waals surface area (Å²) in [5, 5.41) is 0. The first-order valence-electron chi connectivity index (χ1n) is 7.79. The molecule has 0 N–H and O–H groups in total. The molecule has 26 heavy (non-hydrogen) atoms. The number of rotatable bonds is 12. The van der Waals surface area contributed by atoms with Crippen molar-refractivity contribution in [1.82, 2.24) is 8.61 Å². The number of sulfonamides is 2. The summed E-state index contributed by atoms with van der Waals surface area (Å²) in [5.41, 5.74) is 0. The number of hydrogen-bond donors (Lipinski definition) is 0. The molecule has 142 valence electrons. The zero-order chi connectivity index (χ0) is 19.8. The summed E-state index contributed by atoms with van der Waals surface area (Å²) in [6.07, 6.45) is 5.82. The van der Waals surface area contributed by atoms with Crippen LogP contribution >= 0.6 is 0 Å². The summed E-state index contributed by atoms with van der Waals surface area (Å²) in [5.74, 6) is 0. The molecule has 0 radical (unpaired) electrons. The van der Waals surface area contributed by atoms with Crippen molar-refractivity contribution >= 4 is 20.0 Å². The minimum atomic E-state index is -3.89. The van der Waals surface area contributed by atoms with E-state index in [9.17, 15) is 16.8 Å². The number of nitrogens with zero attached hydrogens (tertiary/aromatic N) is 2. The minimum Gasteiger partial charge on any atom is -0.207 e. The number of benzene rings is 1. The maximum Gasteiger partial charge on any atom is 0.243 e. The average Bonchev–Trinajstić information content (AvgIpc) is 2.61. The van der Waals surface area contributed by atoms with Gasteiger partial charge < -0.3 is 0 Å². The third kappa shape index (κ3) is 5.01. The summed E-state index contributed by atoms with van der Waals surface area (Å²) in [6.45, 7) is 14.5. The van der Waals surface area contributed by atoms with Crippen molar-refractivity contribution in [2.24, 2.45) is 0 Å². The Balaban J connectivity index is 3.40. The molecule has 0 aliphatic carbocycles. The molecule has 0 saturated heterocycles. The van der Waals surface area contributed by atoms with Gasteiger partial charge in [-0.3, -0.25) is 0 Å². The molecule has 0 aliphatic heterocycles. The summed E-state index contributed by atoms with van der Waals surface area (Å²) < 4.78 is 53.5. The van der Waals surface area contributed by atoms with Crippen LogP contribution in [0.15, 0.2) is 84.7 Å². The lowest BCUT2D eigenvalue weighted by molar-refractivity contribution is 0.471. The first-order valence-corrected chi connectivity index (χ1v) is 10.7. The van der Waals surface area contributed by atoms with Crippen molar-refractivity contribution in [3.05, 3.63) is 74.9 Å². The van der Waals surface area contributed by atoms with Crippen LogP contribution in [0.2, 0.25) is 0 Å². The normalized spacial score (nSPS) is 12.1. The van der Waals surface area contributed by atoms with Gasteiger partial charge in [0, 0.05) is 26.2 Å². The van der Waals surface area contributed by atoms with Gasteiger partial charge in [-0.15, -0.1) is 26.3 Å². The van der Waals surface area contributed by atoms with E-state index in [1.54, 1.807) is 0 Å². The van der Waals surface area contributed by atoms with Gasteiger partial charge in [0.1, 0.15) is 0 Å². The van der Waals surface area contributed by atoms with Crippen molar-refractivity contribution in [3.63, 3.8) is 0 Å². The van der Waals surface area contributed by atoms with Gasteiger partial charge in [0.05, 0.1) is 9.79 Å². The predicted molar refractivity (Wildman–Crippen MR) is 105 cm³/mol. The molecule has 1 aromatic rings. The second-order valence-electron chi connectivity index (χ2n) is 5.27. The smallest absolute Gasteiger partial charge is 0.207 e. The van der Waals surface area contributed by atoms with Gasteiger partial charge in [-0.25, -0.2) is 16.8 Å². The monoisotopic (exact) mass is 396 g/mol. The third-order valence-corrected chi connectivity index (χ3v) is 7.07. The lowest BCUT2D eigenvalue weighted by Gasteiger charge is -2.21. The van der Waals surface area contributed by atoms with E-state index in [1.807, 2.05) is 0 Å². The van der Waals surface area contributed by atoms with Crippen LogP contribution in [0.25, 0.3) is 0 Å². The van der Waals surface area contributed by atoms with Crippen molar-refractivity contribution in [1.29, 1.82) is 0 Å². The molecule has 0 bridgehead atoms. The molecule has 0 fully saturated rings. The maximum absolute atomic E-state index is 12.8. The summed E-state index contributed by atoms with van der Waals surface area (Å²) in [4.78, 5) is -0.223. The molecule has 0 saturated carbocycles. The van der Waals surface area contributed by atoms with Crippen molar-refractivity contribution < 1.29 is 16.8 Å². The van der Waals surface area contributed by atoms with E-state index >= 15 is 0 Å². The van der Waals surface area contributed by atoms with Crippen LogP contribution in [0.3, 0.4) is 0 Å². The Bertz CT molecular complexity index is 785. The topological polar surface area (TPSA) is 74.8 Å². The van der Waals surface area contributed by atoms with E-state index in [-0.39, 0.29) is 36.0 Å². The molecular formula is C18H24N2O4S2. The lowest BCUT2D eigenvalue weighted by Crippen LogP contribution is -2.33. The SMILES string of the molecule is C=CCN(CC=C)S(=O)(=O)c1cccc(S(=O)(=O)N(CC=C)CC=C)c1. The molecule has 0 unspecified atom stereocenters. The third-order valence-electron chi connectivity index (χ3n) is 3.41. The first-order chi connectivity index (χ1) is 12.2. The Morgan fingerprint density at radius 2 is 1.00 bits per heavy atom. The first kappa shape index (κ1) is 22.0. The van der Waals surface area contributed by atoms with E-state index in [0.717, 1.165) is 14.7 Å². The van der Waals surface area contributed by atoms with Gasteiger partial charge in [-0.1, -0.05) is 30.4 Å². The summed E-state index contributed by atoms with van der Waals surface area (Å²) in [7, 11) is -7.78. The van der Waals surface area contributed by atoms with Crippen LogP contribution in [-0.2, 0) is 20.0 Å². The van der Waals surface area contributed by atoms with E-state index < -0.39 is 20.0 Å². The van der Waals surface area contributed by atoms with E-state index in [1.165, 1.54) is 42.5 Å². The van der Waals surface area contributed by atoms with Crippen molar-refractivity contribution in [3.8, 4) is 0 Å². The largest absolute Gasteiger partial charge is 0.243 e. The fourth-order valence-electron chi connectivity index (χ4n) is 2.21. The zero-order valence-electron chi connectivity index (χ0n) is 14.6. The van der Waals surface area contributed by atoms with E-state index in [0.29, 0.717) is 0 Å². The fourth-order valence-corrected chi connectivity index (χ4v) is 5.14. The van der Waals surface area contributed by atoms with Gasteiger partial charge in [-0.05, 0) is 18.2 Å². The lowest BCUT2D eigenvalue weighted by atomic mass is 10.4. The highest BCUT2D eigenvalue weighted by Gasteiger charge is 2.27. The Labute approximate surface area is 156 Å². The highest BCUT2D eigenvalue weighted by Crippen LogP contribution is 2.22. The predicted octanol–water partition coefficient (Wildman–Crippen LogP) is 2.41. The van der Waals surface area contributed by atoms with E-state index in [2.05, 4.69) is 26.3 Å². The van der Waals surface area contributed by atoms with E-state index in [4.69, 9.17) is 0 Å². The van der Waals surface area contributed by atoms with Gasteiger partial charge in [-0.2, -0.15) is 8.61 Å². The molecule has 1 rings (SSSR count). The number of hydrogen-bond acceptors (Lipinski definition) is 4. The second-order valence-corrected chi connectivity index (χ2v) is 9.15. The fraction of sp³-hybridized carbons (Fsp3) is 0.222. The molecule has 0 heterocycles. The van der Waals surface area contributed by atoms with Crippen LogP contribution in [0.5, 0.6) is 0 Å². The minimum absolute atomic E-state index is 0.0877. The van der Waals surface area contributed by atoms with Crippen LogP contribution in [0.1, 0.15) is 0 Å². The molecule has 6 nitrogen and oxygen atoms in total. The molecule has 0 spiro atoms. The molecule has 0 amide bonds. The molecule has 1 aromatic carbocycles. The highest BCUT2D eigenvalue weighted by molar-refractivity contribution is 7.90. The van der Waals surface area contributed by atoms with Gasteiger partial charge in [0.25, 0.3) is 0 Å². The van der Waals surface area contributed by atoms with Crippen LogP contribution in [0, 0.1) is 0 Å². The zero-order valence-corrected chi connectivity index (χ0v) is 16.3. The molecular weight excluding hydrogens is 372 g/mol. The van der Waals surface area contributed by atoms with Crippen molar-refractivity contribution in [2.45, 2.75) is 9.79 Å². The molecule has 0 aliphatic rings. The summed E-state index contributed by atoms with van der Waals surface area (Å²) in [6, 6.07) is 5.28. The van der Waals surface area contributed by atoms with Crippen LogP contribution in [-0.4, -0.2) is 51.6 Å². The van der Waals surface area contributed by atoms with Gasteiger partial charge in [0.15, 0.2) is 0 Å². The highest BCUT2D eigenvalue weighted by atomic mass is 32.2. The van der Waals surface area contributed by atoms with Gasteiger partial charge in [0.2, 0.25) is 20.0 Å². The Kier molecular flexibility index (Phi) is 8.16. The van der Waals surface area contributed by atoms with Crippen LogP contribution in [0.4, 0.5) is 0 Å². The molecule has 8 heteroatoms. The quantitative estimate of drug-likeness (QED) is 0.509.